The molecular formula is C22H23F6OPS. The SMILES string of the molecule is CCCCOc1ccc(-c2ccc([SH+]c3ccccc3)cc2)cc1.F[P-](F)(F)(F)(F)F. The monoisotopic (exact) mass is 480 g/mol. The number of benzene rings is 3. The van der Waals surface area contributed by atoms with Gasteiger partial charge in [-0.25, -0.2) is 0 Å². The van der Waals surface area contributed by atoms with Crippen LogP contribution >= 0.6 is 7.81 Å². The fourth-order valence-electron chi connectivity index (χ4n) is 2.46. The van der Waals surface area contributed by atoms with Crippen molar-refractivity contribution in [1.82, 2.24) is 0 Å². The van der Waals surface area contributed by atoms with Gasteiger partial charge < -0.3 is 4.74 Å². The Morgan fingerprint density at radius 3 is 1.61 bits per heavy atom. The van der Waals surface area contributed by atoms with Gasteiger partial charge in [-0.1, -0.05) is 43.7 Å². The molecule has 0 saturated heterocycles. The molecule has 0 heterocycles. The number of rotatable bonds is 7. The molecule has 0 aromatic heterocycles. The van der Waals surface area contributed by atoms with Gasteiger partial charge in [0.1, 0.15) is 5.75 Å². The van der Waals surface area contributed by atoms with Crippen LogP contribution in [-0.2, 0) is 11.8 Å². The summed E-state index contributed by atoms with van der Waals surface area (Å²) in [6, 6.07) is 27.7. The van der Waals surface area contributed by atoms with Gasteiger partial charge in [0.15, 0.2) is 9.79 Å². The molecule has 31 heavy (non-hydrogen) atoms. The zero-order valence-corrected chi connectivity index (χ0v) is 18.5. The molecule has 0 unspecified atom stereocenters. The predicted molar refractivity (Wildman–Crippen MR) is 118 cm³/mol. The quantitative estimate of drug-likeness (QED) is 0.108. The molecule has 0 aliphatic carbocycles. The van der Waals surface area contributed by atoms with Gasteiger partial charge >= 0.3 is 33.0 Å². The summed E-state index contributed by atoms with van der Waals surface area (Å²) in [5.74, 6) is 0.950. The van der Waals surface area contributed by atoms with E-state index >= 15 is 0 Å². The second kappa shape index (κ2) is 9.53. The van der Waals surface area contributed by atoms with Crippen LogP contribution < -0.4 is 4.74 Å². The number of hydrogen-bond donors (Lipinski definition) is 0. The molecule has 0 spiro atoms. The van der Waals surface area contributed by atoms with Crippen molar-refractivity contribution in [2.75, 3.05) is 6.61 Å². The number of halogens is 6. The Bertz CT molecular complexity index is 933. The van der Waals surface area contributed by atoms with Crippen LogP contribution in [0.2, 0.25) is 0 Å². The van der Waals surface area contributed by atoms with Crippen molar-refractivity contribution < 1.29 is 29.9 Å². The second-order valence-electron chi connectivity index (χ2n) is 6.68. The zero-order chi connectivity index (χ0) is 23.0. The summed E-state index contributed by atoms with van der Waals surface area (Å²) in [6.07, 6.45) is 2.26. The summed E-state index contributed by atoms with van der Waals surface area (Å²) >= 11 is 1.25. The molecular weight excluding hydrogens is 457 g/mol. The van der Waals surface area contributed by atoms with Gasteiger partial charge in [-0.15, -0.1) is 0 Å². The third-order valence-corrected chi connectivity index (χ3v) is 4.95. The van der Waals surface area contributed by atoms with Gasteiger partial charge in [-0.3, -0.25) is 0 Å². The van der Waals surface area contributed by atoms with Crippen LogP contribution in [0.5, 0.6) is 5.75 Å². The third kappa shape index (κ3) is 12.3. The van der Waals surface area contributed by atoms with Crippen molar-refractivity contribution in [3.63, 3.8) is 0 Å². The average Bonchev–Trinajstić information content (AvgIpc) is 2.68. The molecule has 1 nitrogen and oxygen atoms in total. The number of thiol groups is 1. The Morgan fingerprint density at radius 2 is 1.13 bits per heavy atom. The van der Waals surface area contributed by atoms with Crippen molar-refractivity contribution in [3.8, 4) is 16.9 Å². The van der Waals surface area contributed by atoms with Crippen LogP contribution in [0.15, 0.2) is 88.7 Å². The van der Waals surface area contributed by atoms with E-state index in [9.17, 15) is 25.2 Å². The van der Waals surface area contributed by atoms with Crippen molar-refractivity contribution in [3.05, 3.63) is 78.9 Å². The van der Waals surface area contributed by atoms with Crippen molar-refractivity contribution in [2.24, 2.45) is 0 Å². The van der Waals surface area contributed by atoms with E-state index in [4.69, 9.17) is 4.74 Å². The topological polar surface area (TPSA) is 9.23 Å². The van der Waals surface area contributed by atoms with E-state index in [0.29, 0.717) is 0 Å². The molecule has 0 aliphatic rings. The summed E-state index contributed by atoms with van der Waals surface area (Å²) in [6.45, 7) is 2.97. The first-order chi connectivity index (χ1) is 14.3. The van der Waals surface area contributed by atoms with Crippen LogP contribution in [0, 0.1) is 0 Å². The van der Waals surface area contributed by atoms with Gasteiger partial charge in [0.2, 0.25) is 0 Å². The zero-order valence-electron chi connectivity index (χ0n) is 16.7. The van der Waals surface area contributed by atoms with E-state index in [0.717, 1.165) is 25.2 Å². The minimum absolute atomic E-state index is 0.795. The van der Waals surface area contributed by atoms with Crippen LogP contribution in [0.3, 0.4) is 0 Å². The molecule has 3 rings (SSSR count). The second-order valence-corrected chi connectivity index (χ2v) is 9.85. The first-order valence-corrected chi connectivity index (χ1v) is 12.4. The number of unbranched alkanes of at least 4 members (excludes halogenated alkanes) is 1. The van der Waals surface area contributed by atoms with E-state index in [1.165, 1.54) is 32.7 Å². The molecule has 0 aliphatic heterocycles. The average molecular weight is 480 g/mol. The van der Waals surface area contributed by atoms with Gasteiger partial charge in [-0.2, -0.15) is 0 Å². The molecule has 9 heteroatoms. The van der Waals surface area contributed by atoms with Crippen LogP contribution in [0.1, 0.15) is 19.8 Å². The molecule has 3 aromatic carbocycles. The van der Waals surface area contributed by atoms with Gasteiger partial charge in [0.05, 0.1) is 6.61 Å². The summed E-state index contributed by atoms with van der Waals surface area (Å²) in [5.41, 5.74) is 2.46. The van der Waals surface area contributed by atoms with Crippen LogP contribution in [0.4, 0.5) is 25.2 Å². The van der Waals surface area contributed by atoms with Crippen LogP contribution in [-0.4, -0.2) is 6.61 Å². The molecule has 0 N–H and O–H groups in total. The number of hydrogen-bond acceptors (Lipinski definition) is 1. The molecule has 0 radical (unpaired) electrons. The predicted octanol–water partition coefficient (Wildman–Crippen LogP) is 9.15. The maximum atomic E-state index is 9.87. The minimum atomic E-state index is -10.7. The molecule has 0 amide bonds. The standard InChI is InChI=1S/C22H22OS.F6P/c1-2-3-17-23-20-13-9-18(10-14-20)19-11-15-22(16-12-19)24-21-7-5-4-6-8-21;1-7(2,3,4,5)6/h4-16H,2-3,17H2,1H3;/q;-1/p+1. The van der Waals surface area contributed by atoms with Gasteiger partial charge in [0.25, 0.3) is 0 Å². The molecule has 3 aromatic rings. The van der Waals surface area contributed by atoms with Crippen molar-refractivity contribution >= 4 is 19.6 Å². The fraction of sp³-hybridized carbons (Fsp3) is 0.182. The summed E-state index contributed by atoms with van der Waals surface area (Å²) in [7, 11) is -10.7. The van der Waals surface area contributed by atoms with Crippen molar-refractivity contribution in [1.29, 1.82) is 0 Å². The maximum absolute atomic E-state index is 10.7. The first-order valence-electron chi connectivity index (χ1n) is 9.46. The third-order valence-electron chi connectivity index (χ3n) is 3.84. The van der Waals surface area contributed by atoms with E-state index in [-0.39, 0.29) is 0 Å². The normalized spacial score (nSPS) is 13.4. The van der Waals surface area contributed by atoms with E-state index < -0.39 is 7.81 Å². The summed E-state index contributed by atoms with van der Waals surface area (Å²) in [4.78, 5) is 2.63. The fourth-order valence-corrected chi connectivity index (χ4v) is 3.38. The molecule has 170 valence electrons. The molecule has 0 bridgehead atoms. The first kappa shape index (κ1) is 25.1. The van der Waals surface area contributed by atoms with Crippen LogP contribution in [0.25, 0.3) is 11.1 Å². The molecule has 0 fully saturated rings. The summed E-state index contributed by atoms with van der Waals surface area (Å²) < 4.78 is 64.9. The molecule has 0 saturated carbocycles. The van der Waals surface area contributed by atoms with Gasteiger partial charge in [0, 0.05) is 11.8 Å². The Balaban J connectivity index is 0.000000423. The Kier molecular flexibility index (Phi) is 7.71. The number of ether oxygens (including phenoxy) is 1. The van der Waals surface area contributed by atoms with Crippen molar-refractivity contribution in [2.45, 2.75) is 29.6 Å². The Labute approximate surface area is 181 Å². The van der Waals surface area contributed by atoms with Gasteiger partial charge in [-0.05, 0) is 66.1 Å². The van der Waals surface area contributed by atoms with E-state index in [2.05, 4.69) is 85.8 Å². The summed E-state index contributed by atoms with van der Waals surface area (Å²) in [5, 5.41) is 0. The van der Waals surface area contributed by atoms with E-state index in [1.54, 1.807) is 0 Å². The molecule has 0 atom stereocenters. The Morgan fingerprint density at radius 1 is 0.677 bits per heavy atom. The Hall–Kier alpha value is -2.18. The van der Waals surface area contributed by atoms with E-state index in [1.807, 2.05) is 0 Å².